The zero-order valence-electron chi connectivity index (χ0n) is 38.2. The molecule has 68 heavy (non-hydrogen) atoms. The summed E-state index contributed by atoms with van der Waals surface area (Å²) in [4.78, 5) is 71.8. The van der Waals surface area contributed by atoms with E-state index < -0.39 is 5.24 Å². The first-order valence-corrected chi connectivity index (χ1v) is 23.9. The Morgan fingerprint density at radius 1 is 0.794 bits per heavy atom. The number of benzene rings is 4. The molecule has 6 aromatic rings. The van der Waals surface area contributed by atoms with Crippen LogP contribution in [0.3, 0.4) is 0 Å². The predicted molar refractivity (Wildman–Crippen MR) is 273 cm³/mol. The number of anilines is 2. The van der Waals surface area contributed by atoms with Crippen LogP contribution in [0.1, 0.15) is 45.2 Å². The number of nitrogens with zero attached hydrogens (tertiary/aromatic N) is 7. The van der Waals surface area contributed by atoms with E-state index in [1.165, 1.54) is 12.2 Å². The van der Waals surface area contributed by atoms with Crippen LogP contribution in [0.15, 0.2) is 122 Å². The molecular formula is C51H54BrCl2N9O5. The van der Waals surface area contributed by atoms with Crippen LogP contribution in [-0.4, -0.2) is 117 Å². The van der Waals surface area contributed by atoms with Gasteiger partial charge in [-0.2, -0.15) is 0 Å². The first-order valence-electron chi connectivity index (χ1n) is 22.1. The lowest BCUT2D eigenvalue weighted by molar-refractivity contribution is -0.112. The standard InChI is InChI=1S/C26H28ClN5O2.C21H22N4O2.C4H4BrClO/c1-31(2)12-5-8-25(33)30-23-10-9-19(15-21(23)27)26(34)32-13-11-18(17-32)14-24-28-16-20-6-3-4-7-22(20)29-24;1-27-19-11-15(6-7-17(19)22)21(26)25-9-8-14(13-25)10-20-23-12-16-4-2-3-5-18(16)24-20;5-3-1-2-4(6)7/h3-10,15-16,18H,11-14,17H2,1-2H3,(H,30,33);2-7,11-12,14H,8-10,13,22H2,1H3;1-2H,3H2/b8-5+;;2-1+/t18-;14-;/m00./s1. The summed E-state index contributed by atoms with van der Waals surface area (Å²) in [6, 6.07) is 26.1. The molecule has 3 N–H and O–H groups in total. The number of likely N-dealkylation sites (tertiary alicyclic amines) is 2. The predicted octanol–water partition coefficient (Wildman–Crippen LogP) is 8.67. The zero-order valence-corrected chi connectivity index (χ0v) is 41.3. The van der Waals surface area contributed by atoms with Crippen molar-refractivity contribution >= 4 is 95.3 Å². The Balaban J connectivity index is 0.000000200. The Hall–Kier alpha value is -6.26. The van der Waals surface area contributed by atoms with Crippen molar-refractivity contribution in [2.45, 2.75) is 25.7 Å². The number of para-hydroxylation sites is 2. The molecule has 2 saturated heterocycles. The quantitative estimate of drug-likeness (QED) is 0.0490. The number of hydrogen-bond donors (Lipinski definition) is 2. The number of likely N-dealkylation sites (N-methyl/N-ethyl adjacent to an activating group) is 1. The molecule has 2 aromatic heterocycles. The van der Waals surface area contributed by atoms with Gasteiger partial charge < -0.3 is 30.5 Å². The van der Waals surface area contributed by atoms with Crippen LogP contribution >= 0.6 is 39.1 Å². The number of methoxy groups -OCH3 is 1. The topological polar surface area (TPSA) is 177 Å². The molecule has 0 radical (unpaired) electrons. The Morgan fingerprint density at radius 2 is 1.34 bits per heavy atom. The second-order valence-corrected chi connectivity index (χ2v) is 18.0. The molecule has 0 saturated carbocycles. The van der Waals surface area contributed by atoms with Crippen molar-refractivity contribution in [2.24, 2.45) is 11.8 Å². The molecule has 2 atom stereocenters. The van der Waals surface area contributed by atoms with E-state index in [0.717, 1.165) is 65.7 Å². The number of nitrogens with one attached hydrogen (secondary N) is 1. The fourth-order valence-corrected chi connectivity index (χ4v) is 8.25. The maximum absolute atomic E-state index is 13.0. The van der Waals surface area contributed by atoms with Gasteiger partial charge in [0.15, 0.2) is 0 Å². The average Bonchev–Trinajstić information content (AvgIpc) is 4.01. The zero-order chi connectivity index (χ0) is 48.6. The third kappa shape index (κ3) is 14.9. The first-order chi connectivity index (χ1) is 32.8. The summed E-state index contributed by atoms with van der Waals surface area (Å²) in [6.45, 7) is 3.45. The highest BCUT2D eigenvalue weighted by atomic mass is 79.9. The van der Waals surface area contributed by atoms with Gasteiger partial charge in [0, 0.05) is 91.3 Å². The monoisotopic (exact) mass is 1020 g/mol. The Morgan fingerprint density at radius 3 is 1.84 bits per heavy atom. The maximum atomic E-state index is 13.0. The van der Waals surface area contributed by atoms with Crippen LogP contribution in [0.5, 0.6) is 5.75 Å². The van der Waals surface area contributed by atoms with E-state index in [2.05, 4.69) is 41.2 Å². The lowest BCUT2D eigenvalue weighted by atomic mass is 10.0. The summed E-state index contributed by atoms with van der Waals surface area (Å²) in [5.41, 5.74) is 9.85. The number of nitrogen functional groups attached to an aromatic ring is 1. The number of rotatable bonds is 13. The lowest BCUT2D eigenvalue weighted by Crippen LogP contribution is -2.29. The van der Waals surface area contributed by atoms with Crippen molar-refractivity contribution in [3.63, 3.8) is 0 Å². The average molecular weight is 1020 g/mol. The molecule has 0 aliphatic carbocycles. The summed E-state index contributed by atoms with van der Waals surface area (Å²) < 4.78 is 5.22. The number of halogens is 3. The fourth-order valence-electron chi connectivity index (χ4n) is 7.74. The molecule has 0 spiro atoms. The summed E-state index contributed by atoms with van der Waals surface area (Å²) in [7, 11) is 5.40. The number of allylic oxidation sites excluding steroid dienone is 2. The number of carbonyl (C=O) groups excluding carboxylic acids is 4. The van der Waals surface area contributed by atoms with Gasteiger partial charge in [-0.25, -0.2) is 19.9 Å². The minimum Gasteiger partial charge on any atom is -0.495 e. The largest absolute Gasteiger partial charge is 0.495 e. The smallest absolute Gasteiger partial charge is 0.254 e. The van der Waals surface area contributed by atoms with Crippen LogP contribution < -0.4 is 15.8 Å². The molecule has 4 heterocycles. The minimum absolute atomic E-state index is 0.00947. The second-order valence-electron chi connectivity index (χ2n) is 16.6. The Bertz CT molecular complexity index is 2790. The number of fused-ring (bicyclic) bond motifs is 2. The first kappa shape index (κ1) is 51.1. The number of alkyl halides is 1. The number of hydrogen-bond acceptors (Lipinski definition) is 11. The van der Waals surface area contributed by atoms with Crippen LogP contribution in [0.4, 0.5) is 11.4 Å². The molecule has 4 aromatic carbocycles. The van der Waals surface area contributed by atoms with Gasteiger partial charge in [-0.3, -0.25) is 19.2 Å². The summed E-state index contributed by atoms with van der Waals surface area (Å²) in [6.07, 6.45) is 13.3. The van der Waals surface area contributed by atoms with Gasteiger partial charge in [-0.1, -0.05) is 76.1 Å². The van der Waals surface area contributed by atoms with E-state index in [0.29, 0.717) is 76.6 Å². The van der Waals surface area contributed by atoms with Crippen molar-refractivity contribution in [2.75, 3.05) is 70.3 Å². The van der Waals surface area contributed by atoms with Gasteiger partial charge >= 0.3 is 0 Å². The molecule has 2 aliphatic heterocycles. The Kier molecular flexibility index (Phi) is 19.0. The van der Waals surface area contributed by atoms with E-state index in [4.69, 9.17) is 33.7 Å². The highest BCUT2D eigenvalue weighted by Crippen LogP contribution is 2.28. The normalized spacial score (nSPS) is 15.6. The van der Waals surface area contributed by atoms with Crippen LogP contribution in [0.25, 0.3) is 21.8 Å². The lowest BCUT2D eigenvalue weighted by Gasteiger charge is -2.17. The van der Waals surface area contributed by atoms with E-state index in [-0.39, 0.29) is 17.7 Å². The van der Waals surface area contributed by atoms with Crippen molar-refractivity contribution in [1.29, 1.82) is 0 Å². The molecule has 8 rings (SSSR count). The van der Waals surface area contributed by atoms with Gasteiger partial charge in [0.05, 0.1) is 34.5 Å². The van der Waals surface area contributed by atoms with Gasteiger partial charge in [-0.05, 0) is 105 Å². The number of carbonyl (C=O) groups is 4. The molecule has 2 aliphatic rings. The molecule has 0 bridgehead atoms. The molecular weight excluding hydrogens is 969 g/mol. The van der Waals surface area contributed by atoms with Gasteiger partial charge in [0.2, 0.25) is 11.1 Å². The van der Waals surface area contributed by atoms with Crippen LogP contribution in [0, 0.1) is 11.8 Å². The third-order valence-electron chi connectivity index (χ3n) is 11.2. The van der Waals surface area contributed by atoms with Gasteiger partial charge in [-0.15, -0.1) is 0 Å². The van der Waals surface area contributed by atoms with Crippen molar-refractivity contribution in [3.05, 3.63) is 149 Å². The van der Waals surface area contributed by atoms with E-state index in [9.17, 15) is 19.2 Å². The second kappa shape index (κ2) is 25.2. The van der Waals surface area contributed by atoms with Crippen molar-refractivity contribution in [3.8, 4) is 5.75 Å². The molecule has 3 amide bonds. The SMILES string of the molecule is CN(C)C/C=C/C(=O)Nc1ccc(C(=O)N2CC[C@@H](Cc3ncc4ccccc4n3)C2)cc1Cl.COc1cc(C(=O)N2CC[C@@H](Cc3ncc4ccccc4n3)C2)ccc1N.O=C(Cl)/C=C/CBr. The van der Waals surface area contributed by atoms with Crippen molar-refractivity contribution < 1.29 is 23.9 Å². The van der Waals surface area contributed by atoms with Crippen LogP contribution in [0.2, 0.25) is 5.02 Å². The molecule has 17 heteroatoms. The van der Waals surface area contributed by atoms with E-state index in [1.807, 2.05) is 89.7 Å². The summed E-state index contributed by atoms with van der Waals surface area (Å²) in [5, 5.41) is 5.39. The highest BCUT2D eigenvalue weighted by molar-refractivity contribution is 9.09. The van der Waals surface area contributed by atoms with Gasteiger partial charge in [0.25, 0.3) is 11.8 Å². The Labute approximate surface area is 414 Å². The number of amides is 3. The highest BCUT2D eigenvalue weighted by Gasteiger charge is 2.29. The van der Waals surface area contributed by atoms with E-state index in [1.54, 1.807) is 55.7 Å². The third-order valence-corrected chi connectivity index (χ3v) is 12.0. The summed E-state index contributed by atoms with van der Waals surface area (Å²) >= 11 is 14.3. The molecule has 2 fully saturated rings. The van der Waals surface area contributed by atoms with Gasteiger partial charge in [0.1, 0.15) is 17.4 Å². The maximum Gasteiger partial charge on any atom is 0.254 e. The fraction of sp³-hybridized carbons (Fsp3) is 0.294. The minimum atomic E-state index is -0.431. The van der Waals surface area contributed by atoms with E-state index >= 15 is 0 Å². The number of aromatic nitrogens is 4. The molecule has 354 valence electrons. The van der Waals surface area contributed by atoms with Crippen LogP contribution in [-0.2, 0) is 22.4 Å². The molecule has 0 unspecified atom stereocenters. The van der Waals surface area contributed by atoms with Crippen molar-refractivity contribution in [1.82, 2.24) is 34.6 Å². The number of ether oxygens (including phenoxy) is 1. The summed E-state index contributed by atoms with van der Waals surface area (Å²) in [5.74, 6) is 2.53. The number of nitrogens with two attached hydrogens (primary N) is 1. The molecule has 14 nitrogen and oxygen atoms in total.